The van der Waals surface area contributed by atoms with Gasteiger partial charge in [0.05, 0.1) is 18.9 Å². The van der Waals surface area contributed by atoms with Gasteiger partial charge in [0.1, 0.15) is 6.54 Å². The fourth-order valence-electron chi connectivity index (χ4n) is 2.78. The molecule has 1 aromatic rings. The maximum absolute atomic E-state index is 13.3. The summed E-state index contributed by atoms with van der Waals surface area (Å²) in [7, 11) is -2.04. The number of anilines is 1. The van der Waals surface area contributed by atoms with Crippen LogP contribution < -0.4 is 4.90 Å². The average molecular weight is 405 g/mol. The Morgan fingerprint density at radius 1 is 1.25 bits per heavy atom. The number of esters is 1. The molecule has 0 N–H and O–H groups in total. The zero-order valence-electron chi connectivity index (χ0n) is 18.0. The Labute approximate surface area is 169 Å². The van der Waals surface area contributed by atoms with Gasteiger partial charge in [0.25, 0.3) is 5.91 Å². The first-order valence-corrected chi connectivity index (χ1v) is 12.6. The van der Waals surface area contributed by atoms with Crippen molar-refractivity contribution in [3.63, 3.8) is 0 Å². The molecule has 0 bridgehead atoms. The van der Waals surface area contributed by atoms with Crippen LogP contribution in [0.15, 0.2) is 29.3 Å². The first-order valence-electron chi connectivity index (χ1n) is 9.72. The largest absolute Gasteiger partial charge is 0.465 e. The number of hydrogen-bond acceptors (Lipinski definition) is 5. The van der Waals surface area contributed by atoms with Gasteiger partial charge in [0.15, 0.2) is 14.4 Å². The molecule has 0 saturated carbocycles. The Kier molecular flexibility index (Phi) is 6.83. The number of rotatable bonds is 6. The Morgan fingerprint density at radius 3 is 2.50 bits per heavy atom. The quantitative estimate of drug-likeness (QED) is 0.534. The van der Waals surface area contributed by atoms with E-state index in [0.29, 0.717) is 5.69 Å². The van der Waals surface area contributed by atoms with E-state index >= 15 is 0 Å². The maximum Gasteiger partial charge on any atom is 0.326 e. The minimum absolute atomic E-state index is 0.0348. The third-order valence-corrected chi connectivity index (χ3v) is 9.99. The molecule has 1 aromatic carbocycles. The molecular weight excluding hydrogens is 372 g/mol. The zero-order valence-corrected chi connectivity index (χ0v) is 19.0. The minimum Gasteiger partial charge on any atom is -0.465 e. The number of carbonyl (C=O) groups excluding carboxylic acids is 2. The molecular formula is C21H32N2O4Si. The summed E-state index contributed by atoms with van der Waals surface area (Å²) < 4.78 is 11.4. The lowest BCUT2D eigenvalue weighted by Crippen LogP contribution is -2.47. The number of para-hydroxylation sites is 1. The number of ether oxygens (including phenoxy) is 1. The molecule has 0 aromatic heterocycles. The molecule has 1 aliphatic rings. The van der Waals surface area contributed by atoms with Crippen molar-refractivity contribution in [3.8, 4) is 0 Å². The molecule has 2 rings (SSSR count). The van der Waals surface area contributed by atoms with E-state index < -0.39 is 20.3 Å². The van der Waals surface area contributed by atoms with Crippen LogP contribution in [0.5, 0.6) is 0 Å². The molecule has 1 atom stereocenters. The van der Waals surface area contributed by atoms with Gasteiger partial charge < -0.3 is 9.16 Å². The molecule has 0 spiro atoms. The molecule has 7 heteroatoms. The van der Waals surface area contributed by atoms with Gasteiger partial charge in [-0.25, -0.2) is 0 Å². The molecule has 6 nitrogen and oxygen atoms in total. The van der Waals surface area contributed by atoms with Crippen molar-refractivity contribution in [1.82, 2.24) is 0 Å². The van der Waals surface area contributed by atoms with Crippen molar-refractivity contribution in [2.24, 2.45) is 4.99 Å². The number of hydrogen-bond donors (Lipinski definition) is 0. The van der Waals surface area contributed by atoms with Crippen LogP contribution >= 0.6 is 0 Å². The highest BCUT2D eigenvalue weighted by Gasteiger charge is 2.39. The number of carbonyl (C=O) groups is 2. The number of fused-ring (bicyclic) bond motifs is 1. The summed E-state index contributed by atoms with van der Waals surface area (Å²) in [5, 5.41) is 0.0348. The molecule has 1 aliphatic heterocycles. The van der Waals surface area contributed by atoms with Crippen LogP contribution in [0.1, 0.15) is 40.2 Å². The summed E-state index contributed by atoms with van der Waals surface area (Å²) in [6.45, 7) is 14.8. The lowest BCUT2D eigenvalue weighted by atomic mass is 10.1. The Morgan fingerprint density at radius 2 is 1.89 bits per heavy atom. The topological polar surface area (TPSA) is 68.2 Å². The molecule has 1 heterocycles. The third-order valence-electron chi connectivity index (χ3n) is 5.49. The van der Waals surface area contributed by atoms with Crippen LogP contribution in [0, 0.1) is 0 Å². The van der Waals surface area contributed by atoms with E-state index in [1.807, 2.05) is 31.2 Å². The van der Waals surface area contributed by atoms with E-state index in [9.17, 15) is 9.59 Å². The van der Waals surface area contributed by atoms with Crippen molar-refractivity contribution >= 4 is 31.6 Å². The lowest BCUT2D eigenvalue weighted by molar-refractivity contribution is -0.142. The summed E-state index contributed by atoms with van der Waals surface area (Å²) in [5.41, 5.74) is 2.28. The van der Waals surface area contributed by atoms with Gasteiger partial charge in [0.2, 0.25) is 0 Å². The van der Waals surface area contributed by atoms with Crippen molar-refractivity contribution in [1.29, 1.82) is 0 Å². The van der Waals surface area contributed by atoms with Gasteiger partial charge in [-0.3, -0.25) is 19.5 Å². The third kappa shape index (κ3) is 4.88. The molecule has 154 valence electrons. The fourth-order valence-corrected chi connectivity index (χ4v) is 3.79. The first kappa shape index (κ1) is 22.3. The number of benzodiazepines with no additional fused rings is 1. The van der Waals surface area contributed by atoms with Crippen LogP contribution in [-0.4, -0.2) is 51.7 Å². The summed E-state index contributed by atoms with van der Waals surface area (Å²) >= 11 is 0. The van der Waals surface area contributed by atoms with E-state index in [-0.39, 0.29) is 30.7 Å². The maximum atomic E-state index is 13.3. The molecule has 0 saturated heterocycles. The Bertz CT molecular complexity index is 768. The van der Waals surface area contributed by atoms with E-state index in [1.54, 1.807) is 6.92 Å². The van der Waals surface area contributed by atoms with Crippen molar-refractivity contribution < 1.29 is 18.8 Å². The number of amides is 1. The summed E-state index contributed by atoms with van der Waals surface area (Å²) in [6.07, 6.45) is 0. The summed E-state index contributed by atoms with van der Waals surface area (Å²) in [5.74, 6) is -0.676. The highest BCUT2D eigenvalue weighted by molar-refractivity contribution is 6.74. The first-order chi connectivity index (χ1) is 13.0. The van der Waals surface area contributed by atoms with Crippen LogP contribution in [0.2, 0.25) is 18.1 Å². The second-order valence-electron chi connectivity index (χ2n) is 8.55. The minimum atomic E-state index is -2.04. The Hall–Kier alpha value is -1.99. The predicted molar refractivity (Wildman–Crippen MR) is 115 cm³/mol. The SMILES string of the molecule is CCOC(=O)CN1C(=O)[C@@H](CO[Si](C)(C)C(C)(C)C)N=C(C)c2ccccc21. The van der Waals surface area contributed by atoms with E-state index in [1.165, 1.54) is 4.90 Å². The average Bonchev–Trinajstić information content (AvgIpc) is 2.70. The molecule has 0 aliphatic carbocycles. The van der Waals surface area contributed by atoms with Crippen molar-refractivity contribution in [3.05, 3.63) is 29.8 Å². The van der Waals surface area contributed by atoms with Crippen molar-refractivity contribution in [2.75, 3.05) is 24.7 Å². The zero-order chi connectivity index (χ0) is 21.1. The van der Waals surface area contributed by atoms with E-state index in [4.69, 9.17) is 9.16 Å². The van der Waals surface area contributed by atoms with Crippen LogP contribution in [0.4, 0.5) is 5.69 Å². The second kappa shape index (κ2) is 8.57. The molecule has 0 radical (unpaired) electrons. The molecule has 28 heavy (non-hydrogen) atoms. The Balaban J connectivity index is 2.35. The monoisotopic (exact) mass is 404 g/mol. The number of aliphatic imine (C=N–C) groups is 1. The molecule has 0 fully saturated rings. The summed E-state index contributed by atoms with van der Waals surface area (Å²) in [6, 6.07) is 6.82. The summed E-state index contributed by atoms with van der Waals surface area (Å²) in [4.78, 5) is 31.6. The normalized spacial score (nSPS) is 17.7. The highest BCUT2D eigenvalue weighted by atomic mass is 28.4. The second-order valence-corrected chi connectivity index (χ2v) is 13.4. The van der Waals surface area contributed by atoms with Gasteiger partial charge in [-0.1, -0.05) is 39.0 Å². The standard InChI is InChI=1S/C21H32N2O4Si/c1-8-26-19(24)13-23-18-12-10-9-11-16(18)15(2)22-17(20(23)25)14-27-28(6,7)21(3,4)5/h9-12,17H,8,13-14H2,1-7H3/t17-/m1/s1. The van der Waals surface area contributed by atoms with E-state index in [0.717, 1.165) is 11.3 Å². The van der Waals surface area contributed by atoms with Gasteiger partial charge in [-0.05, 0) is 38.0 Å². The van der Waals surface area contributed by atoms with Gasteiger partial charge >= 0.3 is 5.97 Å². The van der Waals surface area contributed by atoms with Crippen LogP contribution in [0.3, 0.4) is 0 Å². The lowest BCUT2D eigenvalue weighted by Gasteiger charge is -2.37. The highest BCUT2D eigenvalue weighted by Crippen LogP contribution is 2.37. The van der Waals surface area contributed by atoms with Crippen LogP contribution in [-0.2, 0) is 18.8 Å². The number of nitrogens with zero attached hydrogens (tertiary/aromatic N) is 2. The van der Waals surface area contributed by atoms with Crippen molar-refractivity contribution in [2.45, 2.75) is 58.8 Å². The van der Waals surface area contributed by atoms with Gasteiger partial charge in [0, 0.05) is 11.3 Å². The number of benzene rings is 1. The fraction of sp³-hybridized carbons (Fsp3) is 0.571. The van der Waals surface area contributed by atoms with Crippen LogP contribution in [0.25, 0.3) is 0 Å². The van der Waals surface area contributed by atoms with Gasteiger partial charge in [-0.2, -0.15) is 0 Å². The molecule has 1 amide bonds. The molecule has 0 unspecified atom stereocenters. The van der Waals surface area contributed by atoms with E-state index in [2.05, 4.69) is 38.9 Å². The predicted octanol–water partition coefficient (Wildman–Crippen LogP) is 3.80. The van der Waals surface area contributed by atoms with Gasteiger partial charge in [-0.15, -0.1) is 0 Å². The smallest absolute Gasteiger partial charge is 0.326 e.